The predicted octanol–water partition coefficient (Wildman–Crippen LogP) is 5.37. The van der Waals surface area contributed by atoms with Crippen LogP contribution in [-0.2, 0) is 16.0 Å². The summed E-state index contributed by atoms with van der Waals surface area (Å²) in [4.78, 5) is 34.2. The highest BCUT2D eigenvalue weighted by molar-refractivity contribution is 5.94. The molecule has 180 valence electrons. The van der Waals surface area contributed by atoms with E-state index in [1.807, 2.05) is 44.2 Å². The van der Waals surface area contributed by atoms with Crippen LogP contribution in [-0.4, -0.2) is 34.0 Å². The molecular weight excluding hydrogens is 444 g/mol. The zero-order valence-corrected chi connectivity index (χ0v) is 20.2. The van der Waals surface area contributed by atoms with Crippen molar-refractivity contribution in [1.29, 1.82) is 0 Å². The van der Waals surface area contributed by atoms with Crippen LogP contribution in [0.5, 0.6) is 0 Å². The van der Waals surface area contributed by atoms with E-state index in [9.17, 15) is 9.59 Å². The Balaban J connectivity index is 1.44. The molecule has 0 saturated carbocycles. The molecule has 0 saturated heterocycles. The van der Waals surface area contributed by atoms with Gasteiger partial charge in [0.15, 0.2) is 5.58 Å². The number of aliphatic carboxylic acids is 1. The van der Waals surface area contributed by atoms with E-state index in [1.165, 1.54) is 10.5 Å². The fourth-order valence-electron chi connectivity index (χ4n) is 3.83. The molecule has 35 heavy (non-hydrogen) atoms. The minimum Gasteiger partial charge on any atom is -0.481 e. The van der Waals surface area contributed by atoms with Gasteiger partial charge in [-0.05, 0) is 60.9 Å². The highest BCUT2D eigenvalue weighted by Crippen LogP contribution is 2.26. The molecule has 4 aromatic rings. The molecule has 1 unspecified atom stereocenters. The molecule has 0 spiro atoms. The lowest BCUT2D eigenvalue weighted by atomic mass is 10.0. The number of fused-ring (bicyclic) bond motifs is 1. The van der Waals surface area contributed by atoms with Gasteiger partial charge < -0.3 is 19.7 Å². The monoisotopic (exact) mass is 472 g/mol. The number of nitrogens with one attached hydrogen (secondary N) is 1. The Labute approximate surface area is 203 Å². The molecule has 2 N–H and O–H groups in total. The average Bonchev–Trinajstić information content (AvgIpc) is 3.23. The minimum atomic E-state index is -0.868. The lowest BCUT2D eigenvalue weighted by Gasteiger charge is -2.18. The molecular formula is C27H28N4O4. The van der Waals surface area contributed by atoms with Crippen molar-refractivity contribution < 1.29 is 19.1 Å². The molecule has 1 amide bonds. The predicted molar refractivity (Wildman–Crippen MR) is 135 cm³/mol. The Morgan fingerprint density at radius 3 is 2.66 bits per heavy atom. The molecule has 0 fully saturated rings. The quantitative estimate of drug-likeness (QED) is 0.355. The number of pyridine rings is 1. The molecule has 4 rings (SSSR count). The van der Waals surface area contributed by atoms with Gasteiger partial charge in [-0.15, -0.1) is 0 Å². The second kappa shape index (κ2) is 9.97. The van der Waals surface area contributed by atoms with Gasteiger partial charge >= 0.3 is 5.97 Å². The summed E-state index contributed by atoms with van der Waals surface area (Å²) in [5, 5.41) is 12.2. The molecule has 8 heteroatoms. The van der Waals surface area contributed by atoms with Crippen LogP contribution in [0.25, 0.3) is 11.1 Å². The first-order valence-corrected chi connectivity index (χ1v) is 11.4. The van der Waals surface area contributed by atoms with E-state index >= 15 is 0 Å². The van der Waals surface area contributed by atoms with Gasteiger partial charge in [-0.3, -0.25) is 14.6 Å². The number of carboxylic acid groups (broad SMARTS) is 1. The van der Waals surface area contributed by atoms with Crippen molar-refractivity contribution in [1.82, 2.24) is 9.97 Å². The van der Waals surface area contributed by atoms with Crippen molar-refractivity contribution in [3.05, 3.63) is 77.1 Å². The maximum absolute atomic E-state index is 12.9. The summed E-state index contributed by atoms with van der Waals surface area (Å²) in [6.07, 6.45) is 1.79. The van der Waals surface area contributed by atoms with Gasteiger partial charge in [-0.1, -0.05) is 25.1 Å². The molecule has 0 aliphatic carbocycles. The zero-order valence-electron chi connectivity index (χ0n) is 20.2. The summed E-state index contributed by atoms with van der Waals surface area (Å²) in [5.74, 6) is -1.18. The normalized spacial score (nSPS) is 11.9. The first-order chi connectivity index (χ1) is 16.7. The van der Waals surface area contributed by atoms with Gasteiger partial charge in [0, 0.05) is 24.3 Å². The molecule has 0 bridgehead atoms. The zero-order chi connectivity index (χ0) is 25.1. The number of carbonyl (C=O) groups excluding carboxylic acids is 1. The van der Waals surface area contributed by atoms with E-state index in [-0.39, 0.29) is 24.7 Å². The third-order valence-electron chi connectivity index (χ3n) is 6.17. The van der Waals surface area contributed by atoms with E-state index in [1.54, 1.807) is 25.4 Å². The highest BCUT2D eigenvalue weighted by Gasteiger charge is 2.16. The molecule has 2 heterocycles. The molecule has 8 nitrogen and oxygen atoms in total. The second-order valence-corrected chi connectivity index (χ2v) is 8.76. The number of carbonyl (C=O) groups is 2. The Morgan fingerprint density at radius 2 is 1.94 bits per heavy atom. The lowest BCUT2D eigenvalue weighted by molar-refractivity contribution is -0.137. The summed E-state index contributed by atoms with van der Waals surface area (Å²) < 4.78 is 5.90. The molecule has 0 radical (unpaired) electrons. The van der Waals surface area contributed by atoms with E-state index in [0.29, 0.717) is 28.5 Å². The van der Waals surface area contributed by atoms with Crippen LogP contribution in [0.1, 0.15) is 41.6 Å². The molecule has 2 aromatic heterocycles. The number of carboxylic acids is 1. The number of amides is 1. The van der Waals surface area contributed by atoms with Crippen LogP contribution in [0.2, 0.25) is 0 Å². The number of aryl methyl sites for hydroxylation is 1. The largest absolute Gasteiger partial charge is 0.481 e. The lowest BCUT2D eigenvalue weighted by Crippen LogP contribution is -2.28. The fraction of sp³-hybridized carbons (Fsp3) is 0.259. The third-order valence-corrected chi connectivity index (χ3v) is 6.17. The Kier molecular flexibility index (Phi) is 6.82. The van der Waals surface area contributed by atoms with Crippen molar-refractivity contribution in [2.45, 2.75) is 39.5 Å². The number of nitrogens with zero attached hydrogens (tertiary/aromatic N) is 3. The van der Waals surface area contributed by atoms with E-state index in [2.05, 4.69) is 28.3 Å². The van der Waals surface area contributed by atoms with Crippen molar-refractivity contribution in [3.8, 4) is 0 Å². The van der Waals surface area contributed by atoms with E-state index in [4.69, 9.17) is 9.52 Å². The van der Waals surface area contributed by atoms with Crippen LogP contribution in [0.15, 0.2) is 59.1 Å². The number of aromatic nitrogens is 2. The van der Waals surface area contributed by atoms with Gasteiger partial charge in [0.25, 0.3) is 6.01 Å². The molecule has 0 aliphatic rings. The van der Waals surface area contributed by atoms with Crippen molar-refractivity contribution >= 4 is 40.4 Å². The molecule has 2 aromatic carbocycles. The maximum atomic E-state index is 12.9. The topological polar surface area (TPSA) is 109 Å². The van der Waals surface area contributed by atoms with Crippen molar-refractivity contribution in [2.24, 2.45) is 0 Å². The number of likely N-dealkylation sites (N-methyl/N-ethyl adjacent to an activating group) is 1. The van der Waals surface area contributed by atoms with E-state index in [0.717, 1.165) is 16.8 Å². The Morgan fingerprint density at radius 1 is 1.14 bits per heavy atom. The minimum absolute atomic E-state index is 0.00701. The second-order valence-electron chi connectivity index (χ2n) is 8.76. The number of rotatable bonds is 8. The third kappa shape index (κ3) is 5.48. The highest BCUT2D eigenvalue weighted by atomic mass is 16.4. The van der Waals surface area contributed by atoms with Gasteiger partial charge in [0.05, 0.1) is 24.7 Å². The van der Waals surface area contributed by atoms with Crippen LogP contribution in [0.3, 0.4) is 0 Å². The average molecular weight is 473 g/mol. The standard InChI is InChI=1S/C27H28N4O4/c1-16-6-5-7-22(18(16)3)29-27-30-23-10-8-19(13-24(23)35-27)14-25(32)31(4)20-9-11-21(28-15-20)17(2)12-26(33)34/h5-11,13,15,17H,12,14H2,1-4H3,(H,29,30)(H,33,34). The number of oxazole rings is 1. The number of hydrogen-bond donors (Lipinski definition) is 2. The first-order valence-electron chi connectivity index (χ1n) is 11.4. The summed E-state index contributed by atoms with van der Waals surface area (Å²) in [7, 11) is 1.69. The summed E-state index contributed by atoms with van der Waals surface area (Å²) in [5.41, 5.74) is 6.68. The Bertz CT molecular complexity index is 1380. The number of benzene rings is 2. The first kappa shape index (κ1) is 23.9. The van der Waals surface area contributed by atoms with Gasteiger partial charge in [-0.25, -0.2) is 0 Å². The molecule has 0 aliphatic heterocycles. The van der Waals surface area contributed by atoms with Gasteiger partial charge in [0.1, 0.15) is 5.52 Å². The molecule has 1 atom stereocenters. The van der Waals surface area contributed by atoms with Crippen molar-refractivity contribution in [2.75, 3.05) is 17.3 Å². The summed E-state index contributed by atoms with van der Waals surface area (Å²) in [6.45, 7) is 5.91. The summed E-state index contributed by atoms with van der Waals surface area (Å²) in [6, 6.07) is 15.5. The Hall–Kier alpha value is -4.20. The van der Waals surface area contributed by atoms with E-state index < -0.39 is 5.97 Å². The summed E-state index contributed by atoms with van der Waals surface area (Å²) >= 11 is 0. The van der Waals surface area contributed by atoms with Crippen LogP contribution < -0.4 is 10.2 Å². The van der Waals surface area contributed by atoms with Crippen molar-refractivity contribution in [3.63, 3.8) is 0 Å². The fourth-order valence-corrected chi connectivity index (χ4v) is 3.83. The van der Waals surface area contributed by atoms with Crippen LogP contribution in [0.4, 0.5) is 17.4 Å². The van der Waals surface area contributed by atoms with Gasteiger partial charge in [-0.2, -0.15) is 4.98 Å². The smallest absolute Gasteiger partial charge is 0.304 e. The van der Waals surface area contributed by atoms with Crippen LogP contribution in [0, 0.1) is 13.8 Å². The SMILES string of the molecule is Cc1cccc(Nc2nc3ccc(CC(=O)N(C)c4ccc(C(C)CC(=O)O)nc4)cc3o2)c1C. The number of anilines is 3. The van der Waals surface area contributed by atoms with Gasteiger partial charge in [0.2, 0.25) is 5.91 Å². The maximum Gasteiger partial charge on any atom is 0.304 e. The number of hydrogen-bond acceptors (Lipinski definition) is 6. The van der Waals surface area contributed by atoms with Crippen LogP contribution >= 0.6 is 0 Å².